The minimum atomic E-state index is 0. The van der Waals surface area contributed by atoms with Gasteiger partial charge in [-0.15, -0.1) is 0 Å². The van der Waals surface area contributed by atoms with E-state index >= 15 is 0 Å². The molecule has 0 radical (unpaired) electrons. The molecule has 0 unspecified atom stereocenters. The van der Waals surface area contributed by atoms with Crippen molar-refractivity contribution in [1.82, 2.24) is 0 Å². The maximum Gasteiger partial charge on any atom is 0.262 e. The highest BCUT2D eigenvalue weighted by atomic mass is 127. The SMILES string of the molecule is C=Cc1sc2ccc(N)c(-c3ccccc3)c2[n+]1CCCC(c1ccccc1)c1ccccc1.[I-]. The van der Waals surface area contributed by atoms with E-state index in [-0.39, 0.29) is 24.0 Å². The predicted molar refractivity (Wildman–Crippen MR) is 146 cm³/mol. The first-order chi connectivity index (χ1) is 16.8. The number of aromatic nitrogens is 1. The Morgan fingerprint density at radius 2 is 1.37 bits per heavy atom. The van der Waals surface area contributed by atoms with Crippen LogP contribution in [0.3, 0.4) is 0 Å². The minimum Gasteiger partial charge on any atom is -1.00 e. The molecule has 0 aliphatic rings. The van der Waals surface area contributed by atoms with Crippen LogP contribution in [0.4, 0.5) is 5.69 Å². The second-order valence-corrected chi connectivity index (χ2v) is 9.62. The molecule has 0 amide bonds. The molecule has 0 atom stereocenters. The van der Waals surface area contributed by atoms with Crippen LogP contribution in [-0.4, -0.2) is 0 Å². The molecule has 2 nitrogen and oxygen atoms in total. The maximum absolute atomic E-state index is 6.53. The van der Waals surface area contributed by atoms with Gasteiger partial charge in [-0.25, -0.2) is 0 Å². The number of nitrogens with zero attached hydrogens (tertiary/aromatic N) is 1. The third-order valence-corrected chi connectivity index (χ3v) is 7.58. The highest BCUT2D eigenvalue weighted by Crippen LogP contribution is 2.36. The molecule has 35 heavy (non-hydrogen) atoms. The molecule has 2 N–H and O–H groups in total. The molecule has 5 rings (SSSR count). The van der Waals surface area contributed by atoms with Crippen LogP contribution in [0.2, 0.25) is 0 Å². The van der Waals surface area contributed by atoms with E-state index in [2.05, 4.69) is 102 Å². The molecule has 1 aromatic heterocycles. The Labute approximate surface area is 228 Å². The van der Waals surface area contributed by atoms with E-state index in [1.807, 2.05) is 18.2 Å². The Morgan fingerprint density at radius 1 is 0.800 bits per heavy atom. The Morgan fingerprint density at radius 3 is 1.94 bits per heavy atom. The number of halogens is 1. The van der Waals surface area contributed by atoms with Gasteiger partial charge in [0.1, 0.15) is 4.70 Å². The van der Waals surface area contributed by atoms with Gasteiger partial charge in [-0.2, -0.15) is 4.57 Å². The number of benzene rings is 4. The van der Waals surface area contributed by atoms with Crippen molar-refractivity contribution in [2.24, 2.45) is 0 Å². The molecule has 5 aromatic rings. The van der Waals surface area contributed by atoms with Crippen LogP contribution in [0.15, 0.2) is 110 Å². The molecule has 0 spiro atoms. The monoisotopic (exact) mass is 588 g/mol. The number of anilines is 1. The minimum absolute atomic E-state index is 0. The summed E-state index contributed by atoms with van der Waals surface area (Å²) >= 11 is 1.78. The first-order valence-electron chi connectivity index (χ1n) is 11.8. The van der Waals surface area contributed by atoms with E-state index in [0.717, 1.165) is 36.2 Å². The van der Waals surface area contributed by atoms with Gasteiger partial charge in [-0.05, 0) is 35.2 Å². The largest absolute Gasteiger partial charge is 1.00 e. The van der Waals surface area contributed by atoms with E-state index in [1.165, 1.54) is 26.4 Å². The van der Waals surface area contributed by atoms with Crippen molar-refractivity contribution in [3.63, 3.8) is 0 Å². The van der Waals surface area contributed by atoms with Gasteiger partial charge in [-0.1, -0.05) is 109 Å². The molecule has 0 bridgehead atoms. The molecular weight excluding hydrogens is 559 g/mol. The summed E-state index contributed by atoms with van der Waals surface area (Å²) in [6, 6.07) is 36.3. The van der Waals surface area contributed by atoms with Crippen molar-refractivity contribution in [2.75, 3.05) is 5.73 Å². The lowest BCUT2D eigenvalue weighted by molar-refractivity contribution is -0.669. The Kier molecular flexibility index (Phi) is 8.37. The van der Waals surface area contributed by atoms with E-state index in [1.54, 1.807) is 11.3 Å². The number of hydrogen-bond donors (Lipinski definition) is 1. The molecule has 176 valence electrons. The lowest BCUT2D eigenvalue weighted by Crippen LogP contribution is -3.00. The second-order valence-electron chi connectivity index (χ2n) is 8.55. The molecule has 0 aliphatic heterocycles. The Hall–Kier alpha value is -2.96. The number of fused-ring (bicyclic) bond motifs is 1. The van der Waals surface area contributed by atoms with Crippen LogP contribution in [-0.2, 0) is 6.54 Å². The third-order valence-electron chi connectivity index (χ3n) is 6.44. The number of thiazole rings is 1. The number of hydrogen-bond acceptors (Lipinski definition) is 2. The van der Waals surface area contributed by atoms with Crippen molar-refractivity contribution in [2.45, 2.75) is 25.3 Å². The molecule has 0 saturated carbocycles. The van der Waals surface area contributed by atoms with Gasteiger partial charge in [0.25, 0.3) is 5.01 Å². The Bertz CT molecular complexity index is 1360. The topological polar surface area (TPSA) is 29.9 Å². The zero-order chi connectivity index (χ0) is 23.3. The summed E-state index contributed by atoms with van der Waals surface area (Å²) in [5.74, 6) is 0.374. The number of rotatable bonds is 8. The van der Waals surface area contributed by atoms with Gasteiger partial charge >= 0.3 is 0 Å². The van der Waals surface area contributed by atoms with Crippen LogP contribution < -0.4 is 34.3 Å². The van der Waals surface area contributed by atoms with Crippen LogP contribution >= 0.6 is 11.3 Å². The highest BCUT2D eigenvalue weighted by Gasteiger charge is 2.25. The van der Waals surface area contributed by atoms with E-state index < -0.39 is 0 Å². The first kappa shape index (κ1) is 25.1. The van der Waals surface area contributed by atoms with Crippen molar-refractivity contribution >= 4 is 33.3 Å². The summed E-state index contributed by atoms with van der Waals surface area (Å²) in [7, 11) is 0. The highest BCUT2D eigenvalue weighted by molar-refractivity contribution is 7.19. The van der Waals surface area contributed by atoms with E-state index in [9.17, 15) is 0 Å². The molecule has 4 aromatic carbocycles. The zero-order valence-corrected chi connectivity index (χ0v) is 22.6. The fraction of sp³-hybridized carbons (Fsp3) is 0.129. The first-order valence-corrected chi connectivity index (χ1v) is 12.6. The zero-order valence-electron chi connectivity index (χ0n) is 19.6. The van der Waals surface area contributed by atoms with Crippen LogP contribution in [0, 0.1) is 0 Å². The van der Waals surface area contributed by atoms with Crippen LogP contribution in [0.1, 0.15) is 34.9 Å². The van der Waals surface area contributed by atoms with E-state index in [0.29, 0.717) is 5.92 Å². The van der Waals surface area contributed by atoms with Crippen LogP contribution in [0.25, 0.3) is 27.4 Å². The van der Waals surface area contributed by atoms with E-state index in [4.69, 9.17) is 5.73 Å². The summed E-state index contributed by atoms with van der Waals surface area (Å²) in [6.45, 7) is 5.03. The number of nitrogens with two attached hydrogens (primary N) is 1. The van der Waals surface area contributed by atoms with Crippen molar-refractivity contribution in [1.29, 1.82) is 0 Å². The molecule has 0 fully saturated rings. The summed E-state index contributed by atoms with van der Waals surface area (Å²) in [5.41, 5.74) is 13.6. The van der Waals surface area contributed by atoms with Gasteiger partial charge in [-0.3, -0.25) is 0 Å². The third kappa shape index (κ3) is 5.34. The van der Waals surface area contributed by atoms with Gasteiger partial charge in [0.2, 0.25) is 5.52 Å². The molecule has 4 heteroatoms. The molecule has 0 aliphatic carbocycles. The standard InChI is InChI=1S/C31H29N2S.HI/c1-2-29-33(31-28(34-29)21-20-27(32)30(31)25-17-10-5-11-18-25)22-12-19-26(23-13-6-3-7-14-23)24-15-8-4-9-16-24;/h2-11,13-18,20-21,26H,1,12,19,22,32H2;1H/q+1;/p-1. The van der Waals surface area contributed by atoms with Gasteiger partial charge in [0.15, 0.2) is 6.54 Å². The summed E-state index contributed by atoms with van der Waals surface area (Å²) in [4.78, 5) is 0. The average molecular weight is 589 g/mol. The normalized spacial score (nSPS) is 10.9. The number of aryl methyl sites for hydroxylation is 1. The molecule has 0 saturated heterocycles. The predicted octanol–water partition coefficient (Wildman–Crippen LogP) is 4.70. The van der Waals surface area contributed by atoms with Gasteiger partial charge < -0.3 is 29.7 Å². The maximum atomic E-state index is 6.53. The Balaban J connectivity index is 0.00000289. The lowest BCUT2D eigenvalue weighted by atomic mass is 9.87. The quantitative estimate of drug-likeness (QED) is 0.159. The smallest absolute Gasteiger partial charge is 0.262 e. The van der Waals surface area contributed by atoms with Crippen molar-refractivity contribution in [3.8, 4) is 11.1 Å². The molecule has 1 heterocycles. The summed E-state index contributed by atoms with van der Waals surface area (Å²) in [5, 5.41) is 1.17. The fourth-order valence-corrected chi connectivity index (χ4v) is 5.89. The second kappa shape index (κ2) is 11.6. The molecular formula is C31H29IN2S. The van der Waals surface area contributed by atoms with Crippen LogP contribution in [0.5, 0.6) is 0 Å². The lowest BCUT2D eigenvalue weighted by Gasteiger charge is -2.17. The summed E-state index contributed by atoms with van der Waals surface area (Å²) < 4.78 is 3.66. The number of nitrogen functional groups attached to an aromatic ring is 1. The summed E-state index contributed by atoms with van der Waals surface area (Å²) in [6.07, 6.45) is 4.09. The van der Waals surface area contributed by atoms with Gasteiger partial charge in [0, 0.05) is 24.1 Å². The van der Waals surface area contributed by atoms with Gasteiger partial charge in [0.05, 0.1) is 5.56 Å². The average Bonchev–Trinajstić information content (AvgIpc) is 3.25. The van der Waals surface area contributed by atoms with Crippen molar-refractivity contribution in [3.05, 3.63) is 126 Å². The van der Waals surface area contributed by atoms with Crippen molar-refractivity contribution < 1.29 is 28.5 Å². The fourth-order valence-electron chi connectivity index (χ4n) is 4.85.